The van der Waals surface area contributed by atoms with E-state index in [4.69, 9.17) is 0 Å². The summed E-state index contributed by atoms with van der Waals surface area (Å²) in [6.07, 6.45) is 0.601. The molecule has 0 saturated heterocycles. The maximum absolute atomic E-state index is 12.3. The lowest BCUT2D eigenvalue weighted by Crippen LogP contribution is -2.43. The first kappa shape index (κ1) is 19.4. The zero-order valence-electron chi connectivity index (χ0n) is 15.0. The van der Waals surface area contributed by atoms with Crippen LogP contribution in [0.1, 0.15) is 46.5 Å². The van der Waals surface area contributed by atoms with Gasteiger partial charge in [0.25, 0.3) is 5.91 Å². The van der Waals surface area contributed by atoms with Crippen LogP contribution in [0.3, 0.4) is 0 Å². The van der Waals surface area contributed by atoms with Gasteiger partial charge >= 0.3 is 0 Å². The largest absolute Gasteiger partial charge is 0.338 e. The van der Waals surface area contributed by atoms with Crippen LogP contribution in [0.4, 0.5) is 0 Å². The summed E-state index contributed by atoms with van der Waals surface area (Å²) in [4.78, 5) is 36.4. The van der Waals surface area contributed by atoms with E-state index in [1.54, 1.807) is 55.5 Å². The summed E-state index contributed by atoms with van der Waals surface area (Å²) in [5.41, 5.74) is 0.803. The number of benzene rings is 2. The van der Waals surface area contributed by atoms with Crippen LogP contribution < -0.4 is 10.6 Å². The molecule has 2 aromatic carbocycles. The molecule has 0 bridgehead atoms. The molecule has 5 nitrogen and oxygen atoms in total. The van der Waals surface area contributed by atoms with E-state index in [9.17, 15) is 14.4 Å². The predicted octanol–water partition coefficient (Wildman–Crippen LogP) is 2.97. The molecular weight excluding hydrogens is 328 g/mol. The molecule has 135 valence electrons. The average Bonchev–Trinajstić information content (AvgIpc) is 2.68. The van der Waals surface area contributed by atoms with Crippen molar-refractivity contribution in [3.63, 3.8) is 0 Å². The highest BCUT2D eigenvalue weighted by molar-refractivity contribution is 6.09. The Morgan fingerprint density at radius 1 is 0.885 bits per heavy atom. The van der Waals surface area contributed by atoms with Crippen molar-refractivity contribution in [3.8, 4) is 0 Å². The number of ketones is 1. The molecule has 2 rings (SSSR count). The van der Waals surface area contributed by atoms with E-state index < -0.39 is 5.41 Å². The van der Waals surface area contributed by atoms with Gasteiger partial charge in [-0.1, -0.05) is 56.3 Å². The fourth-order valence-electron chi connectivity index (χ4n) is 2.21. The van der Waals surface area contributed by atoms with E-state index >= 15 is 0 Å². The first-order valence-electron chi connectivity index (χ1n) is 8.47. The monoisotopic (exact) mass is 351 g/mol. The van der Waals surface area contributed by atoms with Crippen molar-refractivity contribution in [3.05, 3.63) is 78.2 Å². The van der Waals surface area contributed by atoms with Gasteiger partial charge in [0.1, 0.15) is 0 Å². The van der Waals surface area contributed by atoms with Crippen molar-refractivity contribution < 1.29 is 14.4 Å². The first-order valence-corrected chi connectivity index (χ1v) is 8.47. The van der Waals surface area contributed by atoms with Crippen molar-refractivity contribution >= 4 is 17.6 Å². The molecular formula is C21H23N2O3. The second-order valence-corrected chi connectivity index (χ2v) is 6.38. The quantitative estimate of drug-likeness (QED) is 0.595. The van der Waals surface area contributed by atoms with Gasteiger partial charge in [0.15, 0.2) is 5.78 Å². The molecule has 5 heteroatoms. The second-order valence-electron chi connectivity index (χ2n) is 6.38. The number of carbonyl (C=O) groups is 3. The molecule has 0 saturated carbocycles. The predicted molar refractivity (Wildman–Crippen MR) is 101 cm³/mol. The molecule has 1 atom stereocenters. The third-order valence-corrected chi connectivity index (χ3v) is 4.27. The van der Waals surface area contributed by atoms with Crippen LogP contribution in [0.5, 0.6) is 0 Å². The molecule has 2 amide bonds. The van der Waals surface area contributed by atoms with Gasteiger partial charge in [-0.15, -0.1) is 0 Å². The highest BCUT2D eigenvalue weighted by Crippen LogP contribution is 2.18. The van der Waals surface area contributed by atoms with E-state index in [1.807, 2.05) is 13.0 Å². The summed E-state index contributed by atoms with van der Waals surface area (Å²) in [5, 5.41) is 5.26. The Balaban J connectivity index is 1.93. The lowest BCUT2D eigenvalue weighted by Gasteiger charge is -2.21. The minimum Gasteiger partial charge on any atom is -0.338 e. The maximum atomic E-state index is 12.3. The molecule has 26 heavy (non-hydrogen) atoms. The number of hydrogen-bond acceptors (Lipinski definition) is 3. The van der Waals surface area contributed by atoms with Gasteiger partial charge in [-0.3, -0.25) is 14.4 Å². The lowest BCUT2D eigenvalue weighted by atomic mass is 9.89. The smallest absolute Gasteiger partial charge is 0.252 e. The van der Waals surface area contributed by atoms with Gasteiger partial charge in [-0.25, -0.2) is 0 Å². The topological polar surface area (TPSA) is 75.3 Å². The standard InChI is InChI=1S/C21H23N2O3/c1-4-21(2,3)20(26)23-14-22-19(25)17-12-10-16(11-13-17)18(24)15-8-6-5-7-9-15/h5-13H,2,4,14H2,1,3H3,(H,22,25)(H,23,26). The number of hydrogen-bond donors (Lipinski definition) is 2. The normalized spacial score (nSPS) is 10.9. The SMILES string of the molecule is [CH2]C(C)(CC)C(=O)NCNC(=O)c1ccc(C(=O)c2ccccc2)cc1. The van der Waals surface area contributed by atoms with E-state index in [0.717, 1.165) is 0 Å². The van der Waals surface area contributed by atoms with Gasteiger partial charge < -0.3 is 10.6 Å². The van der Waals surface area contributed by atoms with Crippen molar-refractivity contribution in [2.45, 2.75) is 20.3 Å². The van der Waals surface area contributed by atoms with Gasteiger partial charge in [0, 0.05) is 22.1 Å². The molecule has 0 heterocycles. The Hall–Kier alpha value is -2.95. The Labute approximate surface area is 153 Å². The summed E-state index contributed by atoms with van der Waals surface area (Å²) < 4.78 is 0. The molecule has 0 aliphatic carbocycles. The molecule has 1 unspecified atom stereocenters. The maximum Gasteiger partial charge on any atom is 0.252 e. The Bertz CT molecular complexity index is 781. The molecule has 0 aromatic heterocycles. The highest BCUT2D eigenvalue weighted by atomic mass is 16.2. The zero-order chi connectivity index (χ0) is 19.2. The first-order chi connectivity index (χ1) is 12.3. The Morgan fingerprint density at radius 3 is 2.00 bits per heavy atom. The Kier molecular flexibility index (Phi) is 6.28. The van der Waals surface area contributed by atoms with Crippen LogP contribution in [0.2, 0.25) is 0 Å². The molecule has 1 radical (unpaired) electrons. The van der Waals surface area contributed by atoms with E-state index in [0.29, 0.717) is 23.1 Å². The molecule has 0 spiro atoms. The van der Waals surface area contributed by atoms with Gasteiger partial charge in [0.05, 0.1) is 6.67 Å². The van der Waals surface area contributed by atoms with Crippen LogP contribution in [-0.4, -0.2) is 24.3 Å². The highest BCUT2D eigenvalue weighted by Gasteiger charge is 2.24. The zero-order valence-corrected chi connectivity index (χ0v) is 15.0. The van der Waals surface area contributed by atoms with Gasteiger partial charge in [-0.2, -0.15) is 0 Å². The van der Waals surface area contributed by atoms with E-state index in [-0.39, 0.29) is 24.3 Å². The van der Waals surface area contributed by atoms with E-state index in [1.165, 1.54) is 0 Å². The fraction of sp³-hybridized carbons (Fsp3) is 0.238. The molecule has 0 aliphatic rings. The third-order valence-electron chi connectivity index (χ3n) is 4.27. The molecule has 0 aliphatic heterocycles. The number of rotatable bonds is 7. The summed E-state index contributed by atoms with van der Waals surface area (Å²) in [6, 6.07) is 15.4. The van der Waals surface area contributed by atoms with Crippen molar-refractivity contribution in [1.82, 2.24) is 10.6 Å². The van der Waals surface area contributed by atoms with Crippen LogP contribution in [0, 0.1) is 12.3 Å². The average molecular weight is 351 g/mol. The fourth-order valence-corrected chi connectivity index (χ4v) is 2.21. The molecule has 2 N–H and O–H groups in total. The van der Waals surface area contributed by atoms with Crippen molar-refractivity contribution in [1.29, 1.82) is 0 Å². The number of nitrogens with one attached hydrogen (secondary N) is 2. The molecule has 2 aromatic rings. The summed E-state index contributed by atoms with van der Waals surface area (Å²) in [7, 11) is 0. The van der Waals surface area contributed by atoms with Gasteiger partial charge in [0.2, 0.25) is 5.91 Å². The van der Waals surface area contributed by atoms with Crippen molar-refractivity contribution in [2.24, 2.45) is 5.41 Å². The van der Waals surface area contributed by atoms with Gasteiger partial charge in [-0.05, 0) is 25.5 Å². The lowest BCUT2D eigenvalue weighted by molar-refractivity contribution is -0.128. The van der Waals surface area contributed by atoms with Crippen LogP contribution in [0.25, 0.3) is 0 Å². The second kappa shape index (κ2) is 8.43. The number of carbonyl (C=O) groups excluding carboxylic acids is 3. The third kappa shape index (κ3) is 4.79. The summed E-state index contributed by atoms with van der Waals surface area (Å²) in [6.45, 7) is 7.48. The number of amides is 2. The van der Waals surface area contributed by atoms with Crippen LogP contribution in [-0.2, 0) is 4.79 Å². The summed E-state index contributed by atoms with van der Waals surface area (Å²) in [5.74, 6) is -0.644. The van der Waals surface area contributed by atoms with Crippen LogP contribution in [0.15, 0.2) is 54.6 Å². The van der Waals surface area contributed by atoms with Crippen LogP contribution >= 0.6 is 0 Å². The summed E-state index contributed by atoms with van der Waals surface area (Å²) >= 11 is 0. The van der Waals surface area contributed by atoms with E-state index in [2.05, 4.69) is 17.6 Å². The minimum absolute atomic E-state index is 0.0213. The molecule has 0 fully saturated rings. The van der Waals surface area contributed by atoms with Crippen molar-refractivity contribution in [2.75, 3.05) is 6.67 Å². The minimum atomic E-state index is -0.718. The Morgan fingerprint density at radius 2 is 1.42 bits per heavy atom.